The number of hydrogen-bond acceptors (Lipinski definition) is 3. The maximum Gasteiger partial charge on any atom is 0.120 e. The molecule has 130 valence electrons. The van der Waals surface area contributed by atoms with E-state index in [4.69, 9.17) is 16.3 Å². The number of halogens is 2. The molecule has 25 heavy (non-hydrogen) atoms. The van der Waals surface area contributed by atoms with E-state index in [1.165, 1.54) is 5.56 Å². The second-order valence-electron chi connectivity index (χ2n) is 5.49. The van der Waals surface area contributed by atoms with E-state index < -0.39 is 0 Å². The molecule has 0 amide bonds. The van der Waals surface area contributed by atoms with Crippen molar-refractivity contribution in [3.8, 4) is 5.75 Å². The first kappa shape index (κ1) is 19.3. The van der Waals surface area contributed by atoms with E-state index in [1.54, 1.807) is 0 Å². The Labute approximate surface area is 159 Å². The lowest BCUT2D eigenvalue weighted by Crippen LogP contribution is -3.00. The van der Waals surface area contributed by atoms with E-state index in [0.717, 1.165) is 35.1 Å². The van der Waals surface area contributed by atoms with Crippen LogP contribution < -0.4 is 22.5 Å². The average molecular weight is 374 g/mol. The summed E-state index contributed by atoms with van der Waals surface area (Å²) in [4.78, 5) is 4.30. The normalized spacial score (nSPS) is 10.1. The number of nitrogens with zero attached hydrogens (tertiary/aromatic N) is 1. The molecular weight excluding hydrogens is 355 g/mol. The number of rotatable bonds is 7. The molecule has 1 N–H and O–H groups in total. The Bertz CT molecular complexity index is 764. The summed E-state index contributed by atoms with van der Waals surface area (Å²) in [6.07, 6.45) is 1.81. The minimum Gasteiger partial charge on any atom is -1.00 e. The molecule has 0 spiro atoms. The molecule has 0 radical (unpaired) electrons. The van der Waals surface area contributed by atoms with E-state index >= 15 is 0 Å². The van der Waals surface area contributed by atoms with Crippen molar-refractivity contribution in [2.24, 2.45) is 0 Å². The topological polar surface area (TPSA) is 34.1 Å². The minimum atomic E-state index is 0. The van der Waals surface area contributed by atoms with Gasteiger partial charge >= 0.3 is 0 Å². The molecule has 0 aliphatic carbocycles. The second-order valence-corrected chi connectivity index (χ2v) is 5.92. The summed E-state index contributed by atoms with van der Waals surface area (Å²) in [5, 5.41) is 4.13. The fourth-order valence-corrected chi connectivity index (χ4v) is 2.46. The molecule has 0 fully saturated rings. The number of nitrogens with one attached hydrogen (secondary N) is 1. The highest BCUT2D eigenvalue weighted by Crippen LogP contribution is 2.16. The first-order chi connectivity index (χ1) is 11.8. The zero-order chi connectivity index (χ0) is 16.6. The van der Waals surface area contributed by atoms with Crippen molar-refractivity contribution >= 4 is 11.6 Å². The van der Waals surface area contributed by atoms with Crippen molar-refractivity contribution in [3.63, 3.8) is 0 Å². The second kappa shape index (κ2) is 10.0. The van der Waals surface area contributed by atoms with Crippen molar-refractivity contribution < 1.29 is 17.1 Å². The summed E-state index contributed by atoms with van der Waals surface area (Å²) >= 11 is 5.89. The number of ether oxygens (including phenoxy) is 1. The molecule has 1 aromatic heterocycles. The minimum absolute atomic E-state index is 0. The zero-order valence-corrected chi connectivity index (χ0v) is 15.2. The quantitative estimate of drug-likeness (QED) is 0.683. The Morgan fingerprint density at radius 1 is 0.880 bits per heavy atom. The molecular formula is C20H19Cl2N2O-. The lowest BCUT2D eigenvalue weighted by molar-refractivity contribution is -0.00000522. The van der Waals surface area contributed by atoms with Gasteiger partial charge < -0.3 is 22.5 Å². The third-order valence-electron chi connectivity index (χ3n) is 3.58. The third kappa shape index (κ3) is 6.39. The summed E-state index contributed by atoms with van der Waals surface area (Å²) in [6, 6.07) is 21.7. The Hall–Kier alpha value is -2.07. The van der Waals surface area contributed by atoms with E-state index in [9.17, 15) is 0 Å². The van der Waals surface area contributed by atoms with Crippen molar-refractivity contribution in [2.75, 3.05) is 0 Å². The maximum atomic E-state index is 5.89. The van der Waals surface area contributed by atoms with Gasteiger partial charge in [0.25, 0.3) is 0 Å². The number of aromatic nitrogens is 1. The fourth-order valence-electron chi connectivity index (χ4n) is 2.33. The van der Waals surface area contributed by atoms with Gasteiger partial charge in [-0.1, -0.05) is 41.9 Å². The van der Waals surface area contributed by atoms with Gasteiger partial charge in [0, 0.05) is 24.3 Å². The average Bonchev–Trinajstić information content (AvgIpc) is 2.63. The van der Waals surface area contributed by atoms with Crippen molar-refractivity contribution in [2.45, 2.75) is 19.7 Å². The summed E-state index contributed by atoms with van der Waals surface area (Å²) in [5.74, 6) is 0.863. The largest absolute Gasteiger partial charge is 1.00 e. The summed E-state index contributed by atoms with van der Waals surface area (Å²) < 4.78 is 5.85. The van der Waals surface area contributed by atoms with Crippen molar-refractivity contribution in [1.82, 2.24) is 10.3 Å². The van der Waals surface area contributed by atoms with Crippen LogP contribution >= 0.6 is 11.6 Å². The smallest absolute Gasteiger partial charge is 0.120 e. The van der Waals surface area contributed by atoms with E-state index in [-0.39, 0.29) is 12.4 Å². The molecule has 3 rings (SSSR count). The van der Waals surface area contributed by atoms with Gasteiger partial charge in [0.2, 0.25) is 0 Å². The SMILES string of the molecule is Clc1ccc(COc2cccc(CNCc3ccccn3)c2)cc1.[Cl-]. The monoisotopic (exact) mass is 373 g/mol. The highest BCUT2D eigenvalue weighted by atomic mass is 35.5. The first-order valence-corrected chi connectivity index (χ1v) is 8.24. The van der Waals surface area contributed by atoms with Gasteiger partial charge in [-0.05, 0) is 47.5 Å². The van der Waals surface area contributed by atoms with Crippen LogP contribution in [0.25, 0.3) is 0 Å². The number of benzene rings is 2. The van der Waals surface area contributed by atoms with E-state index in [1.807, 2.05) is 60.8 Å². The molecule has 1 heterocycles. The van der Waals surface area contributed by atoms with Crippen molar-refractivity contribution in [1.29, 1.82) is 0 Å². The molecule has 0 bridgehead atoms. The van der Waals surface area contributed by atoms with Crippen LogP contribution in [0.4, 0.5) is 0 Å². The number of pyridine rings is 1. The van der Waals surface area contributed by atoms with Gasteiger partial charge in [-0.25, -0.2) is 0 Å². The Morgan fingerprint density at radius 3 is 2.48 bits per heavy atom. The zero-order valence-electron chi connectivity index (χ0n) is 13.7. The van der Waals surface area contributed by atoms with Crippen LogP contribution in [0.2, 0.25) is 5.02 Å². The van der Waals surface area contributed by atoms with Crippen LogP contribution in [-0.4, -0.2) is 4.98 Å². The molecule has 2 aromatic carbocycles. The molecule has 0 aliphatic heterocycles. The Kier molecular flexibility index (Phi) is 7.74. The molecule has 0 aliphatic rings. The Balaban J connectivity index is 0.00000225. The van der Waals surface area contributed by atoms with Gasteiger partial charge in [-0.15, -0.1) is 0 Å². The van der Waals surface area contributed by atoms with Gasteiger partial charge in [0.15, 0.2) is 0 Å². The maximum absolute atomic E-state index is 5.89. The first-order valence-electron chi connectivity index (χ1n) is 7.86. The predicted molar refractivity (Wildman–Crippen MR) is 97.0 cm³/mol. The van der Waals surface area contributed by atoms with Crippen LogP contribution in [-0.2, 0) is 19.7 Å². The van der Waals surface area contributed by atoms with Crippen LogP contribution in [0, 0.1) is 0 Å². The van der Waals surface area contributed by atoms with Gasteiger partial charge in [0.05, 0.1) is 5.69 Å². The van der Waals surface area contributed by atoms with Gasteiger partial charge in [-0.3, -0.25) is 4.98 Å². The molecule has 0 atom stereocenters. The number of hydrogen-bond donors (Lipinski definition) is 1. The summed E-state index contributed by atoms with van der Waals surface area (Å²) in [7, 11) is 0. The van der Waals surface area contributed by atoms with Gasteiger partial charge in [-0.2, -0.15) is 0 Å². The fraction of sp³-hybridized carbons (Fsp3) is 0.150. The molecule has 0 unspecified atom stereocenters. The van der Waals surface area contributed by atoms with Crippen molar-refractivity contribution in [3.05, 3.63) is 94.8 Å². The van der Waals surface area contributed by atoms with E-state index in [2.05, 4.69) is 22.4 Å². The highest BCUT2D eigenvalue weighted by molar-refractivity contribution is 6.30. The summed E-state index contributed by atoms with van der Waals surface area (Å²) in [5.41, 5.74) is 3.31. The molecule has 0 saturated carbocycles. The molecule has 3 aromatic rings. The molecule has 5 heteroatoms. The van der Waals surface area contributed by atoms with Crippen LogP contribution in [0.15, 0.2) is 72.9 Å². The molecule has 3 nitrogen and oxygen atoms in total. The van der Waals surface area contributed by atoms with E-state index in [0.29, 0.717) is 6.61 Å². The van der Waals surface area contributed by atoms with Gasteiger partial charge in [0.1, 0.15) is 12.4 Å². The van der Waals surface area contributed by atoms with Crippen LogP contribution in [0.5, 0.6) is 5.75 Å². The van der Waals surface area contributed by atoms with Crippen LogP contribution in [0.1, 0.15) is 16.8 Å². The van der Waals surface area contributed by atoms with Crippen LogP contribution in [0.3, 0.4) is 0 Å². The lowest BCUT2D eigenvalue weighted by atomic mass is 10.2. The Morgan fingerprint density at radius 2 is 1.72 bits per heavy atom. The predicted octanol–water partition coefficient (Wildman–Crippen LogP) is 1.61. The summed E-state index contributed by atoms with van der Waals surface area (Å²) in [6.45, 7) is 2.05. The highest BCUT2D eigenvalue weighted by Gasteiger charge is 2.00. The lowest BCUT2D eigenvalue weighted by Gasteiger charge is -2.09. The standard InChI is InChI=1S/C20H19ClN2O.ClH/c21-18-9-7-16(8-10-18)15-24-20-6-3-4-17(12-20)13-22-14-19-5-1-2-11-23-19;/h1-12,22H,13-15H2;1H/p-1. The third-order valence-corrected chi connectivity index (χ3v) is 3.83. The molecule has 0 saturated heterocycles.